The lowest BCUT2D eigenvalue weighted by atomic mass is 9.99. The lowest BCUT2D eigenvalue weighted by molar-refractivity contribution is 0.0696. The third-order valence-electron chi connectivity index (χ3n) is 6.65. The molecule has 0 atom stereocenters. The number of carbonyl (C=O) groups excluding carboxylic acids is 1. The van der Waals surface area contributed by atoms with Gasteiger partial charge < -0.3 is 15.0 Å². The zero-order valence-electron chi connectivity index (χ0n) is 22.0. The largest absolute Gasteiger partial charge is 0.478 e. The quantitative estimate of drug-likeness (QED) is 0.213. The molecule has 0 aliphatic carbocycles. The van der Waals surface area contributed by atoms with Gasteiger partial charge in [-0.05, 0) is 78.0 Å². The maximum atomic E-state index is 13.7. The van der Waals surface area contributed by atoms with E-state index in [1.165, 1.54) is 12.1 Å². The van der Waals surface area contributed by atoms with Gasteiger partial charge >= 0.3 is 5.97 Å². The first-order chi connectivity index (χ1) is 19.1. The molecule has 40 heavy (non-hydrogen) atoms. The van der Waals surface area contributed by atoms with Crippen LogP contribution in [0.15, 0.2) is 91.1 Å². The van der Waals surface area contributed by atoms with Gasteiger partial charge in [-0.3, -0.25) is 9.48 Å². The number of nitrogens with zero attached hydrogens (tertiary/aromatic N) is 2. The molecule has 0 bridgehead atoms. The van der Waals surface area contributed by atoms with Crippen molar-refractivity contribution in [2.45, 2.75) is 13.1 Å². The van der Waals surface area contributed by atoms with Crippen LogP contribution in [0.2, 0.25) is 5.02 Å². The number of carboxylic acid groups (broad SMARTS) is 1. The number of fused-ring (bicyclic) bond motifs is 1. The van der Waals surface area contributed by atoms with Gasteiger partial charge in [0.1, 0.15) is 7.14 Å². The molecule has 5 aromatic rings. The molecule has 0 radical (unpaired) electrons. The summed E-state index contributed by atoms with van der Waals surface area (Å²) in [4.78, 5) is 24.8. The van der Waals surface area contributed by atoms with Gasteiger partial charge in [-0.2, -0.15) is 5.10 Å². The van der Waals surface area contributed by atoms with Gasteiger partial charge in [0.25, 0.3) is 5.91 Å². The normalized spacial score (nSPS) is 11.5. The number of halogens is 1. The van der Waals surface area contributed by atoms with Crippen LogP contribution < -0.4 is 10.6 Å². The minimum Gasteiger partial charge on any atom is -0.478 e. The summed E-state index contributed by atoms with van der Waals surface area (Å²) >= 11 is 6.20. The van der Waals surface area contributed by atoms with Crippen LogP contribution in [-0.4, -0.2) is 40.1 Å². The highest BCUT2D eigenvalue weighted by atomic mass is 35.5. The Labute approximate surface area is 236 Å². The summed E-state index contributed by atoms with van der Waals surface area (Å²) in [5.74, 6) is -1.30. The predicted octanol–water partition coefficient (Wildman–Crippen LogP) is 6.28. The van der Waals surface area contributed by atoms with Crippen molar-refractivity contribution in [3.8, 4) is 11.1 Å². The van der Waals surface area contributed by atoms with Crippen molar-refractivity contribution >= 4 is 46.8 Å². The van der Waals surface area contributed by atoms with E-state index in [1.54, 1.807) is 42.4 Å². The van der Waals surface area contributed by atoms with Gasteiger partial charge in [0.15, 0.2) is 0 Å². The molecular formula is C31H27ClN3O4P. The SMILES string of the molecule is CP(C)(=O)c1cccc(-c2cc(C(=O)NCc3ccc(C(=O)O)cc3)c3c(cnn3Cc3cccc(Cl)c3)c2)c1. The van der Waals surface area contributed by atoms with Crippen LogP contribution in [-0.2, 0) is 17.7 Å². The van der Waals surface area contributed by atoms with Crippen LogP contribution in [0.25, 0.3) is 22.0 Å². The number of rotatable bonds is 8. The number of hydrogen-bond donors (Lipinski definition) is 2. The average molecular weight is 572 g/mol. The minimum atomic E-state index is -2.48. The molecule has 202 valence electrons. The Bertz CT molecular complexity index is 1790. The number of hydrogen-bond acceptors (Lipinski definition) is 4. The van der Waals surface area contributed by atoms with E-state index < -0.39 is 13.1 Å². The second-order valence-electron chi connectivity index (χ2n) is 9.98. The summed E-state index contributed by atoms with van der Waals surface area (Å²) in [5.41, 5.74) is 4.67. The molecular weight excluding hydrogens is 545 g/mol. The highest BCUT2D eigenvalue weighted by molar-refractivity contribution is 7.70. The number of carboxylic acids is 1. The lowest BCUT2D eigenvalue weighted by Crippen LogP contribution is -2.24. The molecule has 0 aliphatic rings. The van der Waals surface area contributed by atoms with Crippen LogP contribution in [0.3, 0.4) is 0 Å². The first-order valence-corrected chi connectivity index (χ1v) is 15.6. The van der Waals surface area contributed by atoms with E-state index >= 15 is 0 Å². The third kappa shape index (κ3) is 6.01. The molecule has 2 N–H and O–H groups in total. The summed E-state index contributed by atoms with van der Waals surface area (Å²) in [6.45, 7) is 4.11. The Morgan fingerprint density at radius 1 is 0.925 bits per heavy atom. The number of aromatic nitrogens is 2. The number of nitrogens with one attached hydrogen (secondary N) is 1. The fraction of sp³-hybridized carbons (Fsp3) is 0.129. The van der Waals surface area contributed by atoms with Crippen LogP contribution in [0.1, 0.15) is 31.8 Å². The Hall–Kier alpha value is -4.19. The molecule has 7 nitrogen and oxygen atoms in total. The Kier molecular flexibility index (Phi) is 7.61. The van der Waals surface area contributed by atoms with Gasteiger partial charge in [-0.1, -0.05) is 54.1 Å². The third-order valence-corrected chi connectivity index (χ3v) is 8.41. The molecule has 4 aromatic carbocycles. The highest BCUT2D eigenvalue weighted by Crippen LogP contribution is 2.36. The monoisotopic (exact) mass is 571 g/mol. The predicted molar refractivity (Wildman–Crippen MR) is 159 cm³/mol. The molecule has 0 saturated heterocycles. The molecule has 9 heteroatoms. The summed E-state index contributed by atoms with van der Waals surface area (Å²) in [5, 5.41) is 18.9. The molecule has 0 fully saturated rings. The molecule has 0 spiro atoms. The van der Waals surface area contributed by atoms with E-state index in [9.17, 15) is 14.2 Å². The first-order valence-electron chi connectivity index (χ1n) is 12.6. The van der Waals surface area contributed by atoms with Crippen molar-refractivity contribution in [1.29, 1.82) is 0 Å². The van der Waals surface area contributed by atoms with E-state index in [1.807, 2.05) is 54.6 Å². The van der Waals surface area contributed by atoms with Crippen LogP contribution in [0.4, 0.5) is 0 Å². The Morgan fingerprint density at radius 2 is 1.68 bits per heavy atom. The fourth-order valence-electron chi connectivity index (χ4n) is 4.56. The van der Waals surface area contributed by atoms with Crippen molar-refractivity contribution in [3.05, 3.63) is 118 Å². The average Bonchev–Trinajstić information content (AvgIpc) is 3.33. The molecule has 1 amide bonds. The highest BCUT2D eigenvalue weighted by Gasteiger charge is 2.19. The summed E-state index contributed by atoms with van der Waals surface area (Å²) < 4.78 is 14.5. The molecule has 5 rings (SSSR count). The molecule has 0 unspecified atom stereocenters. The molecule has 0 saturated carbocycles. The molecule has 1 aromatic heterocycles. The van der Waals surface area contributed by atoms with Crippen LogP contribution >= 0.6 is 18.7 Å². The van der Waals surface area contributed by atoms with E-state index in [0.717, 1.165) is 32.9 Å². The number of carbonyl (C=O) groups is 2. The van der Waals surface area contributed by atoms with Crippen molar-refractivity contribution in [2.24, 2.45) is 0 Å². The van der Waals surface area contributed by atoms with Gasteiger partial charge in [0.2, 0.25) is 0 Å². The van der Waals surface area contributed by atoms with Crippen LogP contribution in [0, 0.1) is 0 Å². The van der Waals surface area contributed by atoms with E-state index in [2.05, 4.69) is 10.4 Å². The zero-order chi connectivity index (χ0) is 28.4. The van der Waals surface area contributed by atoms with Gasteiger partial charge in [-0.25, -0.2) is 4.79 Å². The topological polar surface area (TPSA) is 101 Å². The Morgan fingerprint density at radius 3 is 2.38 bits per heavy atom. The Balaban J connectivity index is 1.55. The molecule has 1 heterocycles. The maximum absolute atomic E-state index is 13.7. The van der Waals surface area contributed by atoms with Gasteiger partial charge in [0.05, 0.1) is 29.4 Å². The zero-order valence-corrected chi connectivity index (χ0v) is 23.6. The lowest BCUT2D eigenvalue weighted by Gasteiger charge is -2.13. The standard InChI is InChI=1S/C31H27ClN3O4P/c1-40(2,39)27-8-4-6-23(15-27)24-14-25-18-34-35(19-21-5-3-7-26(32)13-21)29(25)28(16-24)30(36)33-17-20-9-11-22(12-10-20)31(37)38/h3-16,18H,17,19H2,1-2H3,(H,33,36)(H,37,38). The van der Waals surface area contributed by atoms with Crippen molar-refractivity contribution in [3.63, 3.8) is 0 Å². The second kappa shape index (κ2) is 11.1. The van der Waals surface area contributed by atoms with E-state index in [4.69, 9.17) is 16.7 Å². The smallest absolute Gasteiger partial charge is 0.335 e. The summed E-state index contributed by atoms with van der Waals surface area (Å²) in [6, 6.07) is 25.3. The van der Waals surface area contributed by atoms with Gasteiger partial charge in [-0.15, -0.1) is 0 Å². The summed E-state index contributed by atoms with van der Waals surface area (Å²) in [7, 11) is -2.48. The number of benzene rings is 4. The first kappa shape index (κ1) is 27.4. The summed E-state index contributed by atoms with van der Waals surface area (Å²) in [6.07, 6.45) is 1.74. The minimum absolute atomic E-state index is 0.181. The van der Waals surface area contributed by atoms with Crippen LogP contribution in [0.5, 0.6) is 0 Å². The van der Waals surface area contributed by atoms with E-state index in [0.29, 0.717) is 22.6 Å². The second-order valence-corrected chi connectivity index (χ2v) is 13.6. The fourth-order valence-corrected chi connectivity index (χ4v) is 5.67. The maximum Gasteiger partial charge on any atom is 0.335 e. The van der Waals surface area contributed by atoms with Crippen molar-refractivity contribution in [1.82, 2.24) is 15.1 Å². The molecule has 0 aliphatic heterocycles. The van der Waals surface area contributed by atoms with Gasteiger partial charge in [0, 0.05) is 22.3 Å². The van der Waals surface area contributed by atoms with Crippen molar-refractivity contribution in [2.75, 3.05) is 13.3 Å². The van der Waals surface area contributed by atoms with E-state index in [-0.39, 0.29) is 18.0 Å². The number of amides is 1. The van der Waals surface area contributed by atoms with Crippen molar-refractivity contribution < 1.29 is 19.3 Å². The number of aromatic carboxylic acids is 1.